The predicted molar refractivity (Wildman–Crippen MR) is 132 cm³/mol. The molecule has 0 radical (unpaired) electrons. The molecule has 1 aliphatic carbocycles. The Morgan fingerprint density at radius 1 is 0.938 bits per heavy atom. The van der Waals surface area contributed by atoms with Crippen LogP contribution in [0.25, 0.3) is 0 Å². The zero-order valence-corrected chi connectivity index (χ0v) is 19.3. The molecule has 4 N–H and O–H groups in total. The lowest BCUT2D eigenvalue weighted by atomic mass is 9.81. The number of aliphatic imine (C=N–C) groups is 1. The maximum atomic E-state index is 13.1. The van der Waals surface area contributed by atoms with Crippen LogP contribution in [0.15, 0.2) is 65.7 Å². The van der Waals surface area contributed by atoms with Gasteiger partial charge < -0.3 is 16.4 Å². The minimum atomic E-state index is 0.177. The molecule has 0 bridgehead atoms. The third-order valence-corrected chi connectivity index (χ3v) is 6.60. The molecule has 172 valence electrons. The van der Waals surface area contributed by atoms with E-state index in [-0.39, 0.29) is 17.8 Å². The zero-order valence-electron chi connectivity index (χ0n) is 19.3. The van der Waals surface area contributed by atoms with Gasteiger partial charge in [0.05, 0.1) is 0 Å². The van der Waals surface area contributed by atoms with Gasteiger partial charge in [0.25, 0.3) is 0 Å². The molecular formula is C27H38N4O. The molecule has 1 fully saturated rings. The van der Waals surface area contributed by atoms with Crippen LogP contribution in [0.5, 0.6) is 0 Å². The van der Waals surface area contributed by atoms with Gasteiger partial charge >= 0.3 is 0 Å². The van der Waals surface area contributed by atoms with Gasteiger partial charge in [-0.3, -0.25) is 9.79 Å². The highest BCUT2D eigenvalue weighted by Crippen LogP contribution is 2.31. The molecule has 0 heterocycles. The van der Waals surface area contributed by atoms with Crippen molar-refractivity contribution in [3.8, 4) is 0 Å². The molecule has 3 rings (SSSR count). The molecule has 1 saturated carbocycles. The van der Waals surface area contributed by atoms with Crippen LogP contribution in [-0.2, 0) is 4.79 Å². The number of rotatable bonds is 10. The fraction of sp³-hybridized carbons (Fsp3) is 0.481. The average Bonchev–Trinajstić information content (AvgIpc) is 2.82. The van der Waals surface area contributed by atoms with E-state index in [0.717, 1.165) is 51.7 Å². The van der Waals surface area contributed by atoms with Crippen LogP contribution in [0.4, 0.5) is 0 Å². The molecular weight excluding hydrogens is 396 g/mol. The summed E-state index contributed by atoms with van der Waals surface area (Å²) in [7, 11) is 0. The molecule has 5 nitrogen and oxygen atoms in total. The summed E-state index contributed by atoms with van der Waals surface area (Å²) < 4.78 is 0. The number of benzene rings is 2. The monoisotopic (exact) mass is 434 g/mol. The summed E-state index contributed by atoms with van der Waals surface area (Å²) in [6.07, 6.45) is 5.98. The second-order valence-electron chi connectivity index (χ2n) is 9.07. The van der Waals surface area contributed by atoms with Gasteiger partial charge in [-0.2, -0.15) is 0 Å². The van der Waals surface area contributed by atoms with Crippen molar-refractivity contribution in [1.29, 1.82) is 0 Å². The Morgan fingerprint density at radius 2 is 1.47 bits per heavy atom. The highest BCUT2D eigenvalue weighted by molar-refractivity contribution is 5.76. The van der Waals surface area contributed by atoms with Gasteiger partial charge in [-0.05, 0) is 55.1 Å². The Balaban J connectivity index is 1.72. The second-order valence-corrected chi connectivity index (χ2v) is 9.07. The first kappa shape index (κ1) is 23.8. The summed E-state index contributed by atoms with van der Waals surface area (Å²) >= 11 is 0. The van der Waals surface area contributed by atoms with E-state index < -0.39 is 0 Å². The average molecular weight is 435 g/mol. The maximum Gasteiger partial charge on any atom is 0.222 e. The number of carbonyl (C=O) groups is 1. The van der Waals surface area contributed by atoms with E-state index >= 15 is 0 Å². The Hall–Kier alpha value is -2.82. The molecule has 5 heteroatoms. The summed E-state index contributed by atoms with van der Waals surface area (Å²) in [4.78, 5) is 19.5. The lowest BCUT2D eigenvalue weighted by Crippen LogP contribution is -2.39. The maximum absolute atomic E-state index is 13.1. The largest absolute Gasteiger partial charge is 0.370 e. The molecule has 2 aromatic carbocycles. The van der Waals surface area contributed by atoms with E-state index in [1.54, 1.807) is 0 Å². The summed E-state index contributed by atoms with van der Waals surface area (Å²) in [6.45, 7) is 4.36. The standard InChI is InChI=1S/C27H38N4O/c1-2-9-26(32)31(19-22-16-14-21(15-17-22)18-30-27(28)29)20-25(23-10-5-3-6-11-23)24-12-7-4-8-13-24/h3-8,10-13,21-22,25H,2,9,14-20H2,1H3,(H4,28,29,30). The molecule has 0 aromatic heterocycles. The molecule has 0 spiro atoms. The van der Waals surface area contributed by atoms with Crippen molar-refractivity contribution in [2.24, 2.45) is 28.3 Å². The fourth-order valence-corrected chi connectivity index (χ4v) is 4.79. The minimum absolute atomic E-state index is 0.177. The zero-order chi connectivity index (χ0) is 22.8. The van der Waals surface area contributed by atoms with E-state index in [1.165, 1.54) is 11.1 Å². The van der Waals surface area contributed by atoms with Crippen molar-refractivity contribution in [3.63, 3.8) is 0 Å². The van der Waals surface area contributed by atoms with Crippen molar-refractivity contribution in [2.75, 3.05) is 19.6 Å². The van der Waals surface area contributed by atoms with Crippen LogP contribution in [0.3, 0.4) is 0 Å². The number of carbonyl (C=O) groups excluding carboxylic acids is 1. The number of hydrogen-bond acceptors (Lipinski definition) is 2. The first-order valence-corrected chi connectivity index (χ1v) is 12.0. The van der Waals surface area contributed by atoms with Crippen LogP contribution in [0.1, 0.15) is 62.5 Å². The molecule has 1 aliphatic rings. The quantitative estimate of drug-likeness (QED) is 0.426. The topological polar surface area (TPSA) is 84.7 Å². The van der Waals surface area contributed by atoms with E-state index in [2.05, 4.69) is 65.3 Å². The van der Waals surface area contributed by atoms with Gasteiger partial charge in [-0.25, -0.2) is 0 Å². The van der Waals surface area contributed by atoms with Crippen LogP contribution in [0, 0.1) is 11.8 Å². The van der Waals surface area contributed by atoms with Gasteiger partial charge in [0.15, 0.2) is 5.96 Å². The number of amides is 1. The van der Waals surface area contributed by atoms with E-state index in [1.807, 2.05) is 12.1 Å². The Kier molecular flexibility index (Phi) is 9.14. The Bertz CT molecular complexity index is 801. The Morgan fingerprint density at radius 3 is 1.97 bits per heavy atom. The minimum Gasteiger partial charge on any atom is -0.370 e. The van der Waals surface area contributed by atoms with E-state index in [4.69, 9.17) is 11.5 Å². The first-order chi connectivity index (χ1) is 15.6. The smallest absolute Gasteiger partial charge is 0.222 e. The van der Waals surface area contributed by atoms with Crippen molar-refractivity contribution in [2.45, 2.75) is 51.4 Å². The lowest BCUT2D eigenvalue weighted by Gasteiger charge is -2.34. The summed E-state index contributed by atoms with van der Waals surface area (Å²) in [5.41, 5.74) is 13.5. The highest BCUT2D eigenvalue weighted by Gasteiger charge is 2.27. The number of nitrogens with two attached hydrogens (primary N) is 2. The van der Waals surface area contributed by atoms with Crippen LogP contribution >= 0.6 is 0 Å². The molecule has 32 heavy (non-hydrogen) atoms. The van der Waals surface area contributed by atoms with Crippen molar-refractivity contribution in [3.05, 3.63) is 71.8 Å². The molecule has 0 saturated heterocycles. The fourth-order valence-electron chi connectivity index (χ4n) is 4.79. The third kappa shape index (κ3) is 7.11. The molecule has 0 unspecified atom stereocenters. The lowest BCUT2D eigenvalue weighted by molar-refractivity contribution is -0.132. The van der Waals surface area contributed by atoms with Gasteiger partial charge in [-0.1, -0.05) is 67.6 Å². The number of nitrogens with zero attached hydrogens (tertiary/aromatic N) is 2. The van der Waals surface area contributed by atoms with Crippen LogP contribution in [-0.4, -0.2) is 36.4 Å². The normalized spacial score (nSPS) is 18.3. The van der Waals surface area contributed by atoms with Crippen molar-refractivity contribution in [1.82, 2.24) is 4.90 Å². The number of hydrogen-bond donors (Lipinski definition) is 2. The highest BCUT2D eigenvalue weighted by atomic mass is 16.2. The molecule has 0 atom stereocenters. The van der Waals surface area contributed by atoms with Crippen molar-refractivity contribution < 1.29 is 4.79 Å². The van der Waals surface area contributed by atoms with E-state index in [9.17, 15) is 4.79 Å². The van der Waals surface area contributed by atoms with Gasteiger partial charge in [-0.15, -0.1) is 0 Å². The van der Waals surface area contributed by atoms with Gasteiger partial charge in [0.2, 0.25) is 5.91 Å². The second kappa shape index (κ2) is 12.3. The Labute approximate surface area is 192 Å². The molecule has 2 aromatic rings. The predicted octanol–water partition coefficient (Wildman–Crippen LogP) is 4.53. The third-order valence-electron chi connectivity index (χ3n) is 6.60. The summed E-state index contributed by atoms with van der Waals surface area (Å²) in [6, 6.07) is 21.1. The number of guanidine groups is 1. The van der Waals surface area contributed by atoms with Gasteiger partial charge in [0.1, 0.15) is 0 Å². The van der Waals surface area contributed by atoms with Crippen molar-refractivity contribution >= 4 is 11.9 Å². The van der Waals surface area contributed by atoms with Gasteiger partial charge in [0, 0.05) is 32.0 Å². The van der Waals surface area contributed by atoms with E-state index in [0.29, 0.717) is 18.3 Å². The molecule has 1 amide bonds. The molecule has 0 aliphatic heterocycles. The summed E-state index contributed by atoms with van der Waals surface area (Å²) in [5.74, 6) is 1.72. The van der Waals surface area contributed by atoms with Crippen LogP contribution < -0.4 is 11.5 Å². The summed E-state index contributed by atoms with van der Waals surface area (Å²) in [5, 5.41) is 0. The first-order valence-electron chi connectivity index (χ1n) is 12.0. The van der Waals surface area contributed by atoms with Crippen LogP contribution in [0.2, 0.25) is 0 Å². The SMILES string of the molecule is CCCC(=O)N(CC1CCC(CN=C(N)N)CC1)CC(c1ccccc1)c1ccccc1.